The molecule has 0 saturated carbocycles. The first-order valence-electron chi connectivity index (χ1n) is 6.62. The Labute approximate surface area is 118 Å². The molecular weight excluding hydrogens is 244 g/mol. The Hall–Kier alpha value is -2.61. The maximum atomic E-state index is 6.03. The smallest absolute Gasteiger partial charge is 0.0708 e. The van der Waals surface area contributed by atoms with Gasteiger partial charge in [-0.15, -0.1) is 0 Å². The molecule has 1 heterocycles. The van der Waals surface area contributed by atoms with Crippen LogP contribution in [0.2, 0.25) is 0 Å². The molecule has 2 heteroatoms. The SMILES string of the molecule is Cc1ccc(-c2ccccc2-c2ccccn2)cc1N. The number of rotatable bonds is 2. The quantitative estimate of drug-likeness (QED) is 0.697. The van der Waals surface area contributed by atoms with Crippen molar-refractivity contribution in [1.82, 2.24) is 4.98 Å². The topological polar surface area (TPSA) is 38.9 Å². The summed E-state index contributed by atoms with van der Waals surface area (Å²) in [5, 5.41) is 0. The van der Waals surface area contributed by atoms with Crippen LogP contribution in [0.15, 0.2) is 66.9 Å². The first kappa shape index (κ1) is 12.4. The van der Waals surface area contributed by atoms with Crippen LogP contribution < -0.4 is 5.73 Å². The Kier molecular flexibility index (Phi) is 3.21. The second kappa shape index (κ2) is 5.17. The highest BCUT2D eigenvalue weighted by atomic mass is 14.7. The van der Waals surface area contributed by atoms with Crippen LogP contribution in [-0.2, 0) is 0 Å². The first-order valence-corrected chi connectivity index (χ1v) is 6.62. The molecule has 2 nitrogen and oxygen atoms in total. The number of anilines is 1. The van der Waals surface area contributed by atoms with Crippen molar-refractivity contribution in [3.63, 3.8) is 0 Å². The molecule has 3 aromatic rings. The highest BCUT2D eigenvalue weighted by Gasteiger charge is 2.08. The van der Waals surface area contributed by atoms with Crippen molar-refractivity contribution in [2.24, 2.45) is 0 Å². The highest BCUT2D eigenvalue weighted by Crippen LogP contribution is 2.32. The second-order valence-corrected chi connectivity index (χ2v) is 4.83. The van der Waals surface area contributed by atoms with Crippen molar-refractivity contribution in [2.45, 2.75) is 6.92 Å². The van der Waals surface area contributed by atoms with Crippen LogP contribution in [0.1, 0.15) is 5.56 Å². The van der Waals surface area contributed by atoms with Gasteiger partial charge < -0.3 is 5.73 Å². The van der Waals surface area contributed by atoms with Crippen molar-refractivity contribution in [3.8, 4) is 22.4 Å². The lowest BCUT2D eigenvalue weighted by molar-refractivity contribution is 1.33. The third kappa shape index (κ3) is 2.28. The van der Waals surface area contributed by atoms with Gasteiger partial charge in [-0.2, -0.15) is 0 Å². The van der Waals surface area contributed by atoms with Crippen LogP contribution in [0.4, 0.5) is 5.69 Å². The summed E-state index contributed by atoms with van der Waals surface area (Å²) in [6.45, 7) is 2.02. The van der Waals surface area contributed by atoms with E-state index in [1.807, 2.05) is 49.5 Å². The minimum Gasteiger partial charge on any atom is -0.398 e. The fourth-order valence-corrected chi connectivity index (χ4v) is 2.29. The molecule has 1 aromatic heterocycles. The molecule has 0 fully saturated rings. The highest BCUT2D eigenvalue weighted by molar-refractivity contribution is 5.83. The van der Waals surface area contributed by atoms with Crippen LogP contribution in [0, 0.1) is 6.92 Å². The summed E-state index contributed by atoms with van der Waals surface area (Å²) in [4.78, 5) is 4.44. The Morgan fingerprint density at radius 2 is 1.60 bits per heavy atom. The van der Waals surface area contributed by atoms with Gasteiger partial charge in [0.15, 0.2) is 0 Å². The number of aromatic nitrogens is 1. The molecule has 0 aliphatic rings. The van der Waals surface area contributed by atoms with Gasteiger partial charge in [0, 0.05) is 17.4 Å². The number of nitrogen functional groups attached to an aromatic ring is 1. The second-order valence-electron chi connectivity index (χ2n) is 4.83. The lowest BCUT2D eigenvalue weighted by Gasteiger charge is -2.10. The zero-order valence-electron chi connectivity index (χ0n) is 11.4. The van der Waals surface area contributed by atoms with E-state index < -0.39 is 0 Å². The summed E-state index contributed by atoms with van der Waals surface area (Å²) in [5.74, 6) is 0. The zero-order valence-corrected chi connectivity index (χ0v) is 11.4. The minimum absolute atomic E-state index is 0.818. The lowest BCUT2D eigenvalue weighted by atomic mass is 9.96. The largest absolute Gasteiger partial charge is 0.398 e. The van der Waals surface area contributed by atoms with Gasteiger partial charge in [0.05, 0.1) is 5.69 Å². The van der Waals surface area contributed by atoms with Gasteiger partial charge in [0.2, 0.25) is 0 Å². The molecule has 0 atom stereocenters. The first-order chi connectivity index (χ1) is 9.75. The standard InChI is InChI=1S/C18H16N2/c1-13-9-10-14(12-17(13)19)15-6-2-3-7-16(15)18-8-4-5-11-20-18/h2-12H,19H2,1H3. The molecule has 0 radical (unpaired) electrons. The molecule has 0 spiro atoms. The molecule has 2 aromatic carbocycles. The maximum absolute atomic E-state index is 6.03. The van der Waals surface area contributed by atoms with Gasteiger partial charge >= 0.3 is 0 Å². The van der Waals surface area contributed by atoms with Crippen molar-refractivity contribution in [3.05, 3.63) is 72.4 Å². The molecule has 0 bridgehead atoms. The summed E-state index contributed by atoms with van der Waals surface area (Å²) in [5.41, 5.74) is 12.3. The van der Waals surface area contributed by atoms with E-state index in [1.165, 1.54) is 0 Å². The van der Waals surface area contributed by atoms with Crippen molar-refractivity contribution in [2.75, 3.05) is 5.73 Å². The van der Waals surface area contributed by atoms with Crippen LogP contribution in [0.5, 0.6) is 0 Å². The van der Waals surface area contributed by atoms with Crippen molar-refractivity contribution in [1.29, 1.82) is 0 Å². The lowest BCUT2D eigenvalue weighted by Crippen LogP contribution is -1.92. The molecule has 0 saturated heterocycles. The summed E-state index contributed by atoms with van der Waals surface area (Å²) in [7, 11) is 0. The van der Waals surface area contributed by atoms with Gasteiger partial charge in [0.1, 0.15) is 0 Å². The number of nitrogens with zero attached hydrogens (tertiary/aromatic N) is 1. The van der Waals surface area contributed by atoms with Crippen LogP contribution in [0.3, 0.4) is 0 Å². The summed E-state index contributed by atoms with van der Waals surface area (Å²) < 4.78 is 0. The predicted molar refractivity (Wildman–Crippen MR) is 84.3 cm³/mol. The monoisotopic (exact) mass is 260 g/mol. The maximum Gasteiger partial charge on any atom is 0.0708 e. The van der Waals surface area contributed by atoms with E-state index in [-0.39, 0.29) is 0 Å². The van der Waals surface area contributed by atoms with E-state index in [0.29, 0.717) is 0 Å². The Bertz CT molecular complexity index is 733. The number of hydrogen-bond acceptors (Lipinski definition) is 2. The number of aryl methyl sites for hydroxylation is 1. The number of hydrogen-bond donors (Lipinski definition) is 1. The summed E-state index contributed by atoms with van der Waals surface area (Å²) in [6.07, 6.45) is 1.82. The predicted octanol–water partition coefficient (Wildman–Crippen LogP) is 4.31. The number of nitrogens with two attached hydrogens (primary N) is 1. The fourth-order valence-electron chi connectivity index (χ4n) is 2.29. The average molecular weight is 260 g/mol. The van der Waals surface area contributed by atoms with Gasteiger partial charge in [0.25, 0.3) is 0 Å². The van der Waals surface area contributed by atoms with Crippen LogP contribution in [0.25, 0.3) is 22.4 Å². The molecule has 0 aliphatic carbocycles. The third-order valence-electron chi connectivity index (χ3n) is 3.46. The minimum atomic E-state index is 0.818. The van der Waals surface area contributed by atoms with Gasteiger partial charge in [-0.05, 0) is 41.8 Å². The molecule has 0 amide bonds. The van der Waals surface area contributed by atoms with Crippen LogP contribution >= 0.6 is 0 Å². The van der Waals surface area contributed by atoms with E-state index in [9.17, 15) is 0 Å². The summed E-state index contributed by atoms with van der Waals surface area (Å²) in [6, 6.07) is 20.4. The molecule has 3 rings (SSSR count). The zero-order chi connectivity index (χ0) is 13.9. The average Bonchev–Trinajstić information content (AvgIpc) is 2.51. The van der Waals surface area contributed by atoms with E-state index in [0.717, 1.165) is 33.6 Å². The van der Waals surface area contributed by atoms with E-state index in [4.69, 9.17) is 5.73 Å². The van der Waals surface area contributed by atoms with Crippen LogP contribution in [-0.4, -0.2) is 4.98 Å². The van der Waals surface area contributed by atoms with E-state index in [2.05, 4.69) is 29.2 Å². The van der Waals surface area contributed by atoms with Gasteiger partial charge in [-0.1, -0.05) is 42.5 Å². The van der Waals surface area contributed by atoms with Crippen molar-refractivity contribution < 1.29 is 0 Å². The fraction of sp³-hybridized carbons (Fsp3) is 0.0556. The molecule has 0 unspecified atom stereocenters. The van der Waals surface area contributed by atoms with E-state index in [1.54, 1.807) is 0 Å². The Morgan fingerprint density at radius 3 is 2.30 bits per heavy atom. The molecule has 2 N–H and O–H groups in total. The normalized spacial score (nSPS) is 10.4. The molecular formula is C18H16N2. The summed E-state index contributed by atoms with van der Waals surface area (Å²) >= 11 is 0. The third-order valence-corrected chi connectivity index (χ3v) is 3.46. The Balaban J connectivity index is 2.17. The number of pyridine rings is 1. The molecule has 0 aliphatic heterocycles. The molecule has 20 heavy (non-hydrogen) atoms. The van der Waals surface area contributed by atoms with Crippen molar-refractivity contribution >= 4 is 5.69 Å². The van der Waals surface area contributed by atoms with Gasteiger partial charge in [-0.3, -0.25) is 4.98 Å². The van der Waals surface area contributed by atoms with E-state index >= 15 is 0 Å². The van der Waals surface area contributed by atoms with Gasteiger partial charge in [-0.25, -0.2) is 0 Å². The Morgan fingerprint density at radius 1 is 0.850 bits per heavy atom. The molecule has 98 valence electrons. The number of benzene rings is 2.